The van der Waals surface area contributed by atoms with Crippen LogP contribution in [0.4, 0.5) is 5.82 Å². The molecule has 3 aromatic rings. The summed E-state index contributed by atoms with van der Waals surface area (Å²) in [4.78, 5) is 11.7. The fraction of sp³-hybridized carbons (Fsp3) is 0.364. The van der Waals surface area contributed by atoms with Crippen LogP contribution in [0.5, 0.6) is 11.5 Å². The zero-order valence-corrected chi connectivity index (χ0v) is 18.0. The Morgan fingerprint density at radius 2 is 1.76 bits per heavy atom. The van der Waals surface area contributed by atoms with Crippen molar-refractivity contribution in [1.29, 1.82) is 0 Å². The summed E-state index contributed by atoms with van der Waals surface area (Å²) in [6, 6.07) is 5.71. The van der Waals surface area contributed by atoms with E-state index in [1.807, 2.05) is 19.1 Å². The molecule has 1 saturated heterocycles. The summed E-state index contributed by atoms with van der Waals surface area (Å²) in [7, 11) is 3.24. The lowest BCUT2D eigenvalue weighted by Gasteiger charge is -2.23. The van der Waals surface area contributed by atoms with Crippen LogP contribution in [-0.4, -0.2) is 37.3 Å². The van der Waals surface area contributed by atoms with Crippen LogP contribution in [0.3, 0.4) is 0 Å². The molecule has 0 bridgehead atoms. The molecule has 2 atom stereocenters. The van der Waals surface area contributed by atoms with E-state index in [2.05, 4.69) is 9.88 Å². The minimum Gasteiger partial charge on any atom is -0.496 e. The Kier molecular flexibility index (Phi) is 4.48. The largest absolute Gasteiger partial charge is 0.496 e. The van der Waals surface area contributed by atoms with Crippen molar-refractivity contribution in [3.63, 3.8) is 0 Å². The number of ether oxygens (including phenoxy) is 2. The number of fused-ring (bicyclic) bond motifs is 2. The van der Waals surface area contributed by atoms with Crippen molar-refractivity contribution < 1.29 is 9.47 Å². The molecule has 1 saturated carbocycles. The Morgan fingerprint density at radius 1 is 1.03 bits per heavy atom. The van der Waals surface area contributed by atoms with E-state index in [0.29, 0.717) is 21.7 Å². The summed E-state index contributed by atoms with van der Waals surface area (Å²) >= 11 is 12.9. The second-order valence-electron chi connectivity index (χ2n) is 7.82. The van der Waals surface area contributed by atoms with E-state index in [9.17, 15) is 0 Å². The first-order valence-corrected chi connectivity index (χ1v) is 10.4. The average molecular weight is 430 g/mol. The molecule has 1 aliphatic carbocycles. The van der Waals surface area contributed by atoms with Crippen LogP contribution in [0, 0.1) is 18.8 Å². The van der Waals surface area contributed by atoms with Crippen molar-refractivity contribution in [2.24, 2.45) is 11.8 Å². The summed E-state index contributed by atoms with van der Waals surface area (Å²) in [6.07, 6.45) is 3.12. The molecule has 5 nitrogen and oxygen atoms in total. The molecule has 5 rings (SSSR count). The van der Waals surface area contributed by atoms with E-state index in [-0.39, 0.29) is 0 Å². The third-order valence-electron chi connectivity index (χ3n) is 6.08. The molecule has 3 heterocycles. The zero-order valence-electron chi connectivity index (χ0n) is 16.5. The third kappa shape index (κ3) is 3.08. The minimum absolute atomic E-state index is 0.468. The number of halogens is 2. The van der Waals surface area contributed by atoms with Gasteiger partial charge in [0.2, 0.25) is 0 Å². The van der Waals surface area contributed by atoms with Gasteiger partial charge in [0.05, 0.1) is 24.9 Å². The predicted octanol–water partition coefficient (Wildman–Crippen LogP) is 5.39. The summed E-state index contributed by atoms with van der Waals surface area (Å²) in [5, 5.41) is 2.98. The van der Waals surface area contributed by atoms with Crippen LogP contribution < -0.4 is 14.4 Å². The number of methoxy groups -OCH3 is 2. The van der Waals surface area contributed by atoms with E-state index in [1.54, 1.807) is 26.5 Å². The molecule has 7 heteroatoms. The predicted molar refractivity (Wildman–Crippen MR) is 117 cm³/mol. The Morgan fingerprint density at radius 3 is 2.45 bits per heavy atom. The van der Waals surface area contributed by atoms with Gasteiger partial charge in [0.15, 0.2) is 0 Å². The lowest BCUT2D eigenvalue weighted by atomic mass is 10.0. The van der Waals surface area contributed by atoms with Gasteiger partial charge in [-0.3, -0.25) is 0 Å². The Balaban J connectivity index is 1.75. The highest BCUT2D eigenvalue weighted by Crippen LogP contribution is 2.48. The van der Waals surface area contributed by atoms with Gasteiger partial charge in [-0.2, -0.15) is 0 Å². The van der Waals surface area contributed by atoms with Gasteiger partial charge in [-0.05, 0) is 37.3 Å². The van der Waals surface area contributed by atoms with Crippen LogP contribution >= 0.6 is 23.2 Å². The second kappa shape index (κ2) is 6.92. The van der Waals surface area contributed by atoms with E-state index in [1.165, 1.54) is 6.42 Å². The molecular formula is C22H21Cl2N3O2. The summed E-state index contributed by atoms with van der Waals surface area (Å²) in [5.41, 5.74) is 2.50. The van der Waals surface area contributed by atoms with Crippen molar-refractivity contribution in [1.82, 2.24) is 9.97 Å². The van der Waals surface area contributed by atoms with Crippen molar-refractivity contribution in [3.8, 4) is 22.8 Å². The van der Waals surface area contributed by atoms with Gasteiger partial charge in [-0.15, -0.1) is 0 Å². The quantitative estimate of drug-likeness (QED) is 0.520. The number of piperidine rings is 1. The van der Waals surface area contributed by atoms with Gasteiger partial charge < -0.3 is 14.4 Å². The monoisotopic (exact) mass is 429 g/mol. The molecule has 150 valence electrons. The van der Waals surface area contributed by atoms with Crippen molar-refractivity contribution in [3.05, 3.63) is 40.1 Å². The van der Waals surface area contributed by atoms with Gasteiger partial charge in [-0.1, -0.05) is 23.2 Å². The number of rotatable bonds is 4. The number of pyridine rings is 2. The fourth-order valence-corrected chi connectivity index (χ4v) is 4.94. The number of benzene rings is 1. The first kappa shape index (κ1) is 18.8. The van der Waals surface area contributed by atoms with Gasteiger partial charge in [0, 0.05) is 47.3 Å². The Bertz CT molecular complexity index is 1100. The smallest absolute Gasteiger partial charge is 0.141 e. The molecule has 1 aromatic carbocycles. The highest BCUT2D eigenvalue weighted by atomic mass is 35.5. The standard InChI is InChI=1S/C22H21Cl2N3O2/c1-11-17(28-2)7-18(29-3)21(24)20(11)16-5-12-8-25-19(23)6-15(12)22(26-16)27-9-13-4-14(13)10-27/h5-8,13-14H,4,9-10H2,1-3H3. The zero-order chi connectivity index (χ0) is 20.3. The van der Waals surface area contributed by atoms with Crippen LogP contribution in [0.2, 0.25) is 10.2 Å². The topological polar surface area (TPSA) is 47.5 Å². The molecule has 0 amide bonds. The maximum atomic E-state index is 6.73. The Hall–Kier alpha value is -2.24. The molecule has 2 fully saturated rings. The highest BCUT2D eigenvalue weighted by molar-refractivity contribution is 6.35. The van der Waals surface area contributed by atoms with Gasteiger partial charge in [0.25, 0.3) is 0 Å². The number of hydrogen-bond donors (Lipinski definition) is 0. The molecule has 0 spiro atoms. The summed E-state index contributed by atoms with van der Waals surface area (Å²) in [6.45, 7) is 4.05. The van der Waals surface area contributed by atoms with Gasteiger partial charge in [-0.25, -0.2) is 9.97 Å². The number of hydrogen-bond acceptors (Lipinski definition) is 5. The lowest BCUT2D eigenvalue weighted by molar-refractivity contribution is 0.393. The molecule has 2 aliphatic rings. The van der Waals surface area contributed by atoms with Crippen LogP contribution in [0.25, 0.3) is 22.0 Å². The summed E-state index contributed by atoms with van der Waals surface area (Å²) < 4.78 is 11.0. The SMILES string of the molecule is COc1cc(OC)c(Cl)c(-c2cc3cnc(Cl)cc3c(N3CC4CC4C3)n2)c1C. The third-order valence-corrected chi connectivity index (χ3v) is 6.66. The van der Waals surface area contributed by atoms with E-state index in [4.69, 9.17) is 37.7 Å². The van der Waals surface area contributed by atoms with E-state index < -0.39 is 0 Å². The van der Waals surface area contributed by atoms with Crippen molar-refractivity contribution >= 4 is 39.8 Å². The van der Waals surface area contributed by atoms with Crippen LogP contribution in [0.15, 0.2) is 24.4 Å². The van der Waals surface area contributed by atoms with E-state index in [0.717, 1.165) is 58.3 Å². The normalized spacial score (nSPS) is 20.1. The maximum absolute atomic E-state index is 6.73. The first-order valence-electron chi connectivity index (χ1n) is 9.62. The number of anilines is 1. The Labute approximate surface area is 179 Å². The molecule has 2 unspecified atom stereocenters. The van der Waals surface area contributed by atoms with E-state index >= 15 is 0 Å². The van der Waals surface area contributed by atoms with Gasteiger partial charge >= 0.3 is 0 Å². The molecule has 0 N–H and O–H groups in total. The van der Waals surface area contributed by atoms with Crippen LogP contribution in [-0.2, 0) is 0 Å². The van der Waals surface area contributed by atoms with Gasteiger partial charge in [0.1, 0.15) is 22.5 Å². The van der Waals surface area contributed by atoms with Crippen molar-refractivity contribution in [2.75, 3.05) is 32.2 Å². The minimum atomic E-state index is 0.468. The molecule has 1 aliphatic heterocycles. The summed E-state index contributed by atoms with van der Waals surface area (Å²) in [5.74, 6) is 3.78. The fourth-order valence-electron chi connectivity index (χ4n) is 4.41. The molecular weight excluding hydrogens is 409 g/mol. The molecule has 0 radical (unpaired) electrons. The number of nitrogens with zero attached hydrogens (tertiary/aromatic N) is 3. The average Bonchev–Trinajstić information content (AvgIpc) is 3.33. The maximum Gasteiger partial charge on any atom is 0.141 e. The highest BCUT2D eigenvalue weighted by Gasteiger charge is 2.45. The molecule has 29 heavy (non-hydrogen) atoms. The van der Waals surface area contributed by atoms with Crippen molar-refractivity contribution in [2.45, 2.75) is 13.3 Å². The molecule has 2 aromatic heterocycles. The lowest BCUT2D eigenvalue weighted by Crippen LogP contribution is -2.23. The first-order chi connectivity index (χ1) is 14.0. The second-order valence-corrected chi connectivity index (χ2v) is 8.58. The van der Waals surface area contributed by atoms with Crippen LogP contribution in [0.1, 0.15) is 12.0 Å². The number of aromatic nitrogens is 2.